The molecular formula is C30H35ClFN3O4S. The van der Waals surface area contributed by atoms with Crippen LogP contribution in [0.5, 0.6) is 0 Å². The van der Waals surface area contributed by atoms with E-state index in [4.69, 9.17) is 11.6 Å². The number of sulfonamides is 1. The molecule has 0 aliphatic carbocycles. The second kappa shape index (κ2) is 13.8. The lowest BCUT2D eigenvalue weighted by atomic mass is 10.1. The van der Waals surface area contributed by atoms with Gasteiger partial charge >= 0.3 is 0 Å². The van der Waals surface area contributed by atoms with Gasteiger partial charge in [0.05, 0.1) is 10.6 Å². The van der Waals surface area contributed by atoms with Gasteiger partial charge in [-0.2, -0.15) is 0 Å². The molecule has 7 nitrogen and oxygen atoms in total. The fraction of sp³-hybridized carbons (Fsp3) is 0.333. The van der Waals surface area contributed by atoms with Crippen molar-refractivity contribution in [2.45, 2.75) is 51.6 Å². The van der Waals surface area contributed by atoms with Crippen molar-refractivity contribution >= 4 is 39.1 Å². The summed E-state index contributed by atoms with van der Waals surface area (Å²) in [6, 6.07) is 17.4. The molecule has 3 rings (SSSR count). The summed E-state index contributed by atoms with van der Waals surface area (Å²) >= 11 is 6.35. The van der Waals surface area contributed by atoms with Crippen LogP contribution in [0, 0.1) is 18.7 Å². The Labute approximate surface area is 241 Å². The Morgan fingerprint density at radius 3 is 2.23 bits per heavy atom. The SMILES string of the molecule is CC[C@H](C(=O)NCC(C)C)N(Cc1ccc(F)cc1)C(=O)CN(c1cccc(Cl)c1C)S(=O)(=O)c1ccccc1. The van der Waals surface area contributed by atoms with Crippen LogP contribution in [-0.4, -0.2) is 44.3 Å². The third-order valence-corrected chi connectivity index (χ3v) is 8.64. The van der Waals surface area contributed by atoms with Crippen molar-refractivity contribution < 1.29 is 22.4 Å². The van der Waals surface area contributed by atoms with Crippen molar-refractivity contribution in [1.82, 2.24) is 10.2 Å². The Hall–Kier alpha value is -3.43. The molecule has 0 aliphatic rings. The molecular weight excluding hydrogens is 553 g/mol. The van der Waals surface area contributed by atoms with Crippen molar-refractivity contribution in [3.8, 4) is 0 Å². The Balaban J connectivity index is 2.07. The van der Waals surface area contributed by atoms with Crippen LogP contribution in [0.3, 0.4) is 0 Å². The number of nitrogens with zero attached hydrogens (tertiary/aromatic N) is 2. The van der Waals surface area contributed by atoms with E-state index in [-0.39, 0.29) is 29.0 Å². The van der Waals surface area contributed by atoms with Gasteiger partial charge in [-0.05, 0) is 66.8 Å². The maximum atomic E-state index is 14.0. The van der Waals surface area contributed by atoms with E-state index in [9.17, 15) is 22.4 Å². The maximum Gasteiger partial charge on any atom is 0.264 e. The summed E-state index contributed by atoms with van der Waals surface area (Å²) in [5, 5.41) is 3.23. The first-order valence-corrected chi connectivity index (χ1v) is 14.9. The fourth-order valence-electron chi connectivity index (χ4n) is 4.23. The monoisotopic (exact) mass is 587 g/mol. The van der Waals surface area contributed by atoms with E-state index in [2.05, 4.69) is 5.32 Å². The molecule has 2 amide bonds. The van der Waals surface area contributed by atoms with Crippen LogP contribution in [0.25, 0.3) is 0 Å². The van der Waals surface area contributed by atoms with E-state index in [1.54, 1.807) is 50.2 Å². The van der Waals surface area contributed by atoms with Crippen molar-refractivity contribution in [3.63, 3.8) is 0 Å². The van der Waals surface area contributed by atoms with E-state index in [0.717, 1.165) is 4.31 Å². The molecule has 0 unspecified atom stereocenters. The first kappa shape index (κ1) is 31.1. The quantitative estimate of drug-likeness (QED) is 0.300. The predicted molar refractivity (Wildman–Crippen MR) is 156 cm³/mol. The number of amides is 2. The molecule has 10 heteroatoms. The van der Waals surface area contributed by atoms with Crippen molar-refractivity contribution in [1.29, 1.82) is 0 Å². The fourth-order valence-corrected chi connectivity index (χ4v) is 5.89. The number of anilines is 1. The third kappa shape index (κ3) is 7.61. The molecule has 40 heavy (non-hydrogen) atoms. The van der Waals surface area contributed by atoms with Crippen LogP contribution in [0.4, 0.5) is 10.1 Å². The van der Waals surface area contributed by atoms with E-state index in [1.165, 1.54) is 41.3 Å². The number of benzene rings is 3. The highest BCUT2D eigenvalue weighted by atomic mass is 35.5. The van der Waals surface area contributed by atoms with Crippen LogP contribution < -0.4 is 9.62 Å². The van der Waals surface area contributed by atoms with Crippen molar-refractivity contribution in [3.05, 3.63) is 94.8 Å². The zero-order valence-electron chi connectivity index (χ0n) is 23.1. The minimum Gasteiger partial charge on any atom is -0.354 e. The molecule has 0 saturated carbocycles. The minimum absolute atomic E-state index is 0.00831. The van der Waals surface area contributed by atoms with Crippen molar-refractivity contribution in [2.24, 2.45) is 5.92 Å². The molecule has 1 N–H and O–H groups in total. The predicted octanol–water partition coefficient (Wildman–Crippen LogP) is 5.56. The smallest absolute Gasteiger partial charge is 0.264 e. The number of rotatable bonds is 12. The summed E-state index contributed by atoms with van der Waals surface area (Å²) in [4.78, 5) is 28.6. The molecule has 0 aliphatic heterocycles. The zero-order valence-corrected chi connectivity index (χ0v) is 24.7. The van der Waals surface area contributed by atoms with Gasteiger partial charge in [0, 0.05) is 18.1 Å². The van der Waals surface area contributed by atoms with E-state index in [0.29, 0.717) is 29.1 Å². The molecule has 3 aromatic carbocycles. The number of nitrogens with one attached hydrogen (secondary N) is 1. The maximum absolute atomic E-state index is 14.0. The summed E-state index contributed by atoms with van der Waals surface area (Å²) in [5.41, 5.74) is 1.34. The summed E-state index contributed by atoms with van der Waals surface area (Å²) in [6.07, 6.45) is 0.290. The first-order valence-electron chi connectivity index (χ1n) is 13.1. The Morgan fingerprint density at radius 2 is 1.62 bits per heavy atom. The Morgan fingerprint density at radius 1 is 0.975 bits per heavy atom. The van der Waals surface area contributed by atoms with Crippen LogP contribution >= 0.6 is 11.6 Å². The zero-order chi connectivity index (χ0) is 29.4. The second-order valence-electron chi connectivity index (χ2n) is 9.92. The highest BCUT2D eigenvalue weighted by Gasteiger charge is 2.34. The van der Waals surface area contributed by atoms with Crippen LogP contribution in [0.1, 0.15) is 38.3 Å². The highest BCUT2D eigenvalue weighted by molar-refractivity contribution is 7.92. The van der Waals surface area contributed by atoms with Gasteiger partial charge < -0.3 is 10.2 Å². The van der Waals surface area contributed by atoms with Gasteiger partial charge in [-0.1, -0.05) is 68.8 Å². The van der Waals surface area contributed by atoms with Gasteiger partial charge in [0.1, 0.15) is 18.4 Å². The number of hydrogen-bond donors (Lipinski definition) is 1. The Kier molecular flexibility index (Phi) is 10.7. The van der Waals surface area contributed by atoms with Crippen LogP contribution in [0.15, 0.2) is 77.7 Å². The molecule has 0 fully saturated rings. The summed E-state index contributed by atoms with van der Waals surface area (Å²) in [7, 11) is -4.20. The third-order valence-electron chi connectivity index (χ3n) is 6.45. The van der Waals surface area contributed by atoms with Crippen molar-refractivity contribution in [2.75, 3.05) is 17.4 Å². The molecule has 0 spiro atoms. The van der Waals surface area contributed by atoms with E-state index >= 15 is 0 Å². The average molecular weight is 588 g/mol. The Bertz CT molecular complexity index is 1420. The topological polar surface area (TPSA) is 86.8 Å². The molecule has 3 aromatic rings. The largest absolute Gasteiger partial charge is 0.354 e. The van der Waals surface area contributed by atoms with Crippen LogP contribution in [-0.2, 0) is 26.2 Å². The number of carbonyl (C=O) groups is 2. The van der Waals surface area contributed by atoms with Gasteiger partial charge in [-0.3, -0.25) is 13.9 Å². The average Bonchev–Trinajstić information content (AvgIpc) is 2.93. The number of carbonyl (C=O) groups excluding carboxylic acids is 2. The molecule has 0 aromatic heterocycles. The molecule has 0 saturated heterocycles. The second-order valence-corrected chi connectivity index (χ2v) is 12.2. The number of hydrogen-bond acceptors (Lipinski definition) is 4. The summed E-state index contributed by atoms with van der Waals surface area (Å²) < 4.78 is 42.4. The van der Waals surface area contributed by atoms with Gasteiger partial charge in [0.25, 0.3) is 10.0 Å². The molecule has 214 valence electrons. The molecule has 0 heterocycles. The standard InChI is InChI=1S/C30H35ClFN3O4S/c1-5-27(30(37)33-18-21(2)3)34(19-23-14-16-24(32)17-15-23)29(36)20-35(28-13-9-12-26(31)22(28)4)40(38,39)25-10-7-6-8-11-25/h6-17,21,27H,5,18-20H2,1-4H3,(H,33,37)/t27-/m1/s1. The lowest BCUT2D eigenvalue weighted by Crippen LogP contribution is -2.52. The van der Waals surface area contributed by atoms with E-state index < -0.39 is 34.3 Å². The highest BCUT2D eigenvalue weighted by Crippen LogP contribution is 2.31. The van der Waals surface area contributed by atoms with Gasteiger partial charge in [0.15, 0.2) is 0 Å². The molecule has 0 bridgehead atoms. The minimum atomic E-state index is -4.20. The van der Waals surface area contributed by atoms with Crippen LogP contribution in [0.2, 0.25) is 5.02 Å². The number of halogens is 2. The lowest BCUT2D eigenvalue weighted by molar-refractivity contribution is -0.140. The summed E-state index contributed by atoms with van der Waals surface area (Å²) in [5.74, 6) is -1.17. The van der Waals surface area contributed by atoms with Gasteiger partial charge in [-0.15, -0.1) is 0 Å². The van der Waals surface area contributed by atoms with E-state index in [1.807, 2.05) is 13.8 Å². The first-order chi connectivity index (χ1) is 18.9. The lowest BCUT2D eigenvalue weighted by Gasteiger charge is -2.33. The summed E-state index contributed by atoms with van der Waals surface area (Å²) in [6.45, 7) is 7.22. The normalized spacial score (nSPS) is 12.2. The molecule has 0 radical (unpaired) electrons. The van der Waals surface area contributed by atoms with Gasteiger partial charge in [0.2, 0.25) is 11.8 Å². The van der Waals surface area contributed by atoms with Gasteiger partial charge in [-0.25, -0.2) is 12.8 Å². The molecule has 1 atom stereocenters.